The highest BCUT2D eigenvalue weighted by atomic mass is 79.9. The average molecular weight is 355 g/mol. The molecule has 1 aliphatic heterocycles. The number of nitrogens with one attached hydrogen (secondary N) is 1. The molecule has 1 aromatic heterocycles. The molecule has 6 heteroatoms. The van der Waals surface area contributed by atoms with E-state index in [1.165, 1.54) is 19.3 Å². The van der Waals surface area contributed by atoms with Crippen LogP contribution < -0.4 is 15.8 Å². The Morgan fingerprint density at radius 1 is 1.38 bits per heavy atom. The molecule has 21 heavy (non-hydrogen) atoms. The summed E-state index contributed by atoms with van der Waals surface area (Å²) in [5.41, 5.74) is 0.851. The molecule has 0 radical (unpaired) electrons. The minimum atomic E-state index is 0.0568. The van der Waals surface area contributed by atoms with Crippen LogP contribution in [0, 0.1) is 11.8 Å². The molecule has 2 fully saturated rings. The lowest BCUT2D eigenvalue weighted by Gasteiger charge is -2.26. The van der Waals surface area contributed by atoms with E-state index in [4.69, 9.17) is 0 Å². The lowest BCUT2D eigenvalue weighted by molar-refractivity contribution is 0.261. The third-order valence-corrected chi connectivity index (χ3v) is 5.30. The largest absolute Gasteiger partial charge is 0.366 e. The SMILES string of the molecule is CNCC1CCN(c2c(Br)cnn(CC3CCC3)c2=O)C1. The van der Waals surface area contributed by atoms with Gasteiger partial charge in [0.25, 0.3) is 5.56 Å². The van der Waals surface area contributed by atoms with E-state index in [2.05, 4.69) is 31.2 Å². The van der Waals surface area contributed by atoms with Gasteiger partial charge in [0.1, 0.15) is 5.69 Å². The molecule has 1 atom stereocenters. The molecule has 0 spiro atoms. The van der Waals surface area contributed by atoms with Gasteiger partial charge in [0.15, 0.2) is 0 Å². The van der Waals surface area contributed by atoms with Gasteiger partial charge in [-0.3, -0.25) is 4.79 Å². The van der Waals surface area contributed by atoms with E-state index in [0.29, 0.717) is 11.8 Å². The molecule has 1 aliphatic carbocycles. The van der Waals surface area contributed by atoms with Crippen molar-refractivity contribution in [2.45, 2.75) is 32.2 Å². The Kier molecular flexibility index (Phi) is 4.64. The number of hydrogen-bond donors (Lipinski definition) is 1. The van der Waals surface area contributed by atoms with Crippen molar-refractivity contribution < 1.29 is 0 Å². The predicted octanol–water partition coefficient (Wildman–Crippen LogP) is 1.85. The van der Waals surface area contributed by atoms with Crippen molar-refractivity contribution in [2.24, 2.45) is 11.8 Å². The van der Waals surface area contributed by atoms with Gasteiger partial charge in [-0.1, -0.05) is 6.42 Å². The number of rotatable bonds is 5. The highest BCUT2D eigenvalue weighted by Crippen LogP contribution is 2.29. The van der Waals surface area contributed by atoms with E-state index in [1.807, 2.05) is 7.05 Å². The quantitative estimate of drug-likeness (QED) is 0.876. The van der Waals surface area contributed by atoms with Crippen molar-refractivity contribution in [3.05, 3.63) is 21.0 Å². The van der Waals surface area contributed by atoms with Crippen LogP contribution in [0.2, 0.25) is 0 Å². The minimum absolute atomic E-state index is 0.0568. The summed E-state index contributed by atoms with van der Waals surface area (Å²) in [6.45, 7) is 3.68. The predicted molar refractivity (Wildman–Crippen MR) is 87.8 cm³/mol. The van der Waals surface area contributed by atoms with Crippen LogP contribution in [0.5, 0.6) is 0 Å². The lowest BCUT2D eigenvalue weighted by Crippen LogP contribution is -2.35. The Hall–Kier alpha value is -0.880. The van der Waals surface area contributed by atoms with E-state index in [0.717, 1.165) is 42.8 Å². The lowest BCUT2D eigenvalue weighted by atomic mass is 9.85. The van der Waals surface area contributed by atoms with Gasteiger partial charge in [-0.05, 0) is 60.6 Å². The molecule has 1 N–H and O–H groups in total. The van der Waals surface area contributed by atoms with Crippen molar-refractivity contribution in [1.29, 1.82) is 0 Å². The van der Waals surface area contributed by atoms with Gasteiger partial charge in [0.2, 0.25) is 0 Å². The van der Waals surface area contributed by atoms with Gasteiger partial charge < -0.3 is 10.2 Å². The van der Waals surface area contributed by atoms with Crippen LogP contribution in [-0.4, -0.2) is 36.5 Å². The van der Waals surface area contributed by atoms with Crippen molar-refractivity contribution in [3.8, 4) is 0 Å². The summed E-state index contributed by atoms with van der Waals surface area (Å²) >= 11 is 3.51. The number of anilines is 1. The minimum Gasteiger partial charge on any atom is -0.366 e. The normalized spacial score (nSPS) is 22.6. The third kappa shape index (κ3) is 3.16. The zero-order valence-corrected chi connectivity index (χ0v) is 14.1. The number of hydrogen-bond acceptors (Lipinski definition) is 4. The van der Waals surface area contributed by atoms with E-state index in [9.17, 15) is 4.79 Å². The Morgan fingerprint density at radius 2 is 2.19 bits per heavy atom. The Bertz CT molecular complexity index is 555. The summed E-state index contributed by atoms with van der Waals surface area (Å²) in [7, 11) is 1.98. The fourth-order valence-electron chi connectivity index (χ4n) is 3.29. The summed E-state index contributed by atoms with van der Waals surface area (Å²) in [6.07, 6.45) is 6.67. The smallest absolute Gasteiger partial charge is 0.291 e. The van der Waals surface area contributed by atoms with Crippen LogP contribution in [0.4, 0.5) is 5.69 Å². The Morgan fingerprint density at radius 3 is 2.86 bits per heavy atom. The van der Waals surface area contributed by atoms with E-state index < -0.39 is 0 Å². The topological polar surface area (TPSA) is 50.2 Å². The molecule has 1 unspecified atom stereocenters. The van der Waals surface area contributed by atoms with E-state index in [1.54, 1.807) is 10.9 Å². The maximum Gasteiger partial charge on any atom is 0.291 e. The van der Waals surface area contributed by atoms with Crippen LogP contribution in [-0.2, 0) is 6.54 Å². The first-order valence-corrected chi connectivity index (χ1v) is 8.63. The molecule has 3 rings (SSSR count). The highest BCUT2D eigenvalue weighted by Gasteiger charge is 2.27. The zero-order chi connectivity index (χ0) is 14.8. The van der Waals surface area contributed by atoms with Gasteiger partial charge in [0, 0.05) is 19.6 Å². The van der Waals surface area contributed by atoms with Gasteiger partial charge in [-0.2, -0.15) is 5.10 Å². The molecule has 1 saturated carbocycles. The van der Waals surface area contributed by atoms with Crippen LogP contribution in [0.1, 0.15) is 25.7 Å². The van der Waals surface area contributed by atoms with Crippen LogP contribution in [0.25, 0.3) is 0 Å². The first kappa shape index (κ1) is 15.0. The highest BCUT2D eigenvalue weighted by molar-refractivity contribution is 9.10. The summed E-state index contributed by atoms with van der Waals surface area (Å²) in [5.74, 6) is 1.26. The molecule has 1 aromatic rings. The molecule has 116 valence electrons. The summed E-state index contributed by atoms with van der Waals surface area (Å²) in [5, 5.41) is 7.53. The van der Waals surface area contributed by atoms with E-state index >= 15 is 0 Å². The summed E-state index contributed by atoms with van der Waals surface area (Å²) in [4.78, 5) is 14.9. The van der Waals surface area contributed by atoms with E-state index in [-0.39, 0.29) is 5.56 Å². The van der Waals surface area contributed by atoms with Gasteiger partial charge in [0.05, 0.1) is 10.7 Å². The first-order chi connectivity index (χ1) is 10.2. The van der Waals surface area contributed by atoms with Crippen LogP contribution in [0.15, 0.2) is 15.5 Å². The van der Waals surface area contributed by atoms with Gasteiger partial charge >= 0.3 is 0 Å². The Labute approximate surface area is 133 Å². The molecular weight excluding hydrogens is 332 g/mol. The molecular formula is C15H23BrN4O. The standard InChI is InChI=1S/C15H23BrN4O/c1-17-7-12-5-6-19(9-12)14-13(16)8-18-20(15(14)21)10-11-3-2-4-11/h8,11-12,17H,2-7,9-10H2,1H3. The molecule has 1 saturated heterocycles. The molecule has 0 bridgehead atoms. The average Bonchev–Trinajstić information content (AvgIpc) is 2.85. The maximum absolute atomic E-state index is 12.7. The third-order valence-electron chi connectivity index (χ3n) is 4.72. The molecule has 5 nitrogen and oxygen atoms in total. The maximum atomic E-state index is 12.7. The summed E-state index contributed by atoms with van der Waals surface area (Å²) in [6, 6.07) is 0. The second-order valence-corrected chi connectivity index (χ2v) is 7.14. The summed E-state index contributed by atoms with van der Waals surface area (Å²) < 4.78 is 2.48. The fraction of sp³-hybridized carbons (Fsp3) is 0.733. The second kappa shape index (κ2) is 6.48. The second-order valence-electron chi connectivity index (χ2n) is 6.28. The number of nitrogens with zero attached hydrogens (tertiary/aromatic N) is 3. The molecule has 2 aliphatic rings. The van der Waals surface area contributed by atoms with Crippen molar-refractivity contribution in [1.82, 2.24) is 15.1 Å². The molecule has 0 amide bonds. The van der Waals surface area contributed by atoms with Gasteiger partial charge in [-0.25, -0.2) is 4.68 Å². The van der Waals surface area contributed by atoms with Crippen LogP contribution in [0.3, 0.4) is 0 Å². The van der Waals surface area contributed by atoms with Crippen LogP contribution >= 0.6 is 15.9 Å². The molecule has 2 heterocycles. The molecule has 0 aromatic carbocycles. The van der Waals surface area contributed by atoms with Crippen molar-refractivity contribution >= 4 is 21.6 Å². The number of halogens is 1. The number of aromatic nitrogens is 2. The fourth-order valence-corrected chi connectivity index (χ4v) is 3.80. The zero-order valence-electron chi connectivity index (χ0n) is 12.5. The van der Waals surface area contributed by atoms with Crippen molar-refractivity contribution in [3.63, 3.8) is 0 Å². The monoisotopic (exact) mass is 354 g/mol. The van der Waals surface area contributed by atoms with Gasteiger partial charge in [-0.15, -0.1) is 0 Å². The van der Waals surface area contributed by atoms with Crippen molar-refractivity contribution in [2.75, 3.05) is 31.6 Å². The Balaban J connectivity index is 1.80. The first-order valence-electron chi connectivity index (χ1n) is 7.84.